The maximum Gasteiger partial charge on any atom is 0.231 e. The topological polar surface area (TPSA) is 54.5 Å². The van der Waals surface area contributed by atoms with Gasteiger partial charge in [-0.15, -0.1) is 0 Å². The van der Waals surface area contributed by atoms with Crippen molar-refractivity contribution in [3.05, 3.63) is 77.9 Å². The van der Waals surface area contributed by atoms with Crippen LogP contribution < -0.4 is 10.2 Å². The summed E-state index contributed by atoms with van der Waals surface area (Å²) in [5, 5.41) is 2.97. The predicted octanol–water partition coefficient (Wildman–Crippen LogP) is 4.77. The van der Waals surface area contributed by atoms with Gasteiger partial charge in [-0.3, -0.25) is 9.78 Å². The van der Waals surface area contributed by atoms with E-state index >= 15 is 0 Å². The van der Waals surface area contributed by atoms with Gasteiger partial charge in [0.15, 0.2) is 0 Å². The van der Waals surface area contributed by atoms with E-state index in [0.717, 1.165) is 28.1 Å². The highest BCUT2D eigenvalue weighted by Crippen LogP contribution is 2.27. The number of nitrogens with zero attached hydrogens (tertiary/aromatic N) is 2. The SMILES string of the molecule is Cc1cc(-c2ccc(NC(=O)C(C)c3ccc(F)c(N4CCOCC4)c3)cc2)ccn1. The number of halogens is 1. The van der Waals surface area contributed by atoms with Crippen LogP contribution in [0.1, 0.15) is 24.1 Å². The van der Waals surface area contributed by atoms with E-state index in [4.69, 9.17) is 4.74 Å². The Hall–Kier alpha value is -3.25. The summed E-state index contributed by atoms with van der Waals surface area (Å²) in [4.78, 5) is 19.0. The molecule has 0 spiro atoms. The number of benzene rings is 2. The first-order valence-electron chi connectivity index (χ1n) is 10.5. The Morgan fingerprint density at radius 1 is 1.06 bits per heavy atom. The van der Waals surface area contributed by atoms with Crippen LogP contribution in [0.15, 0.2) is 60.8 Å². The molecule has 1 fully saturated rings. The van der Waals surface area contributed by atoms with E-state index in [0.29, 0.717) is 32.0 Å². The largest absolute Gasteiger partial charge is 0.378 e. The van der Waals surface area contributed by atoms with Crippen molar-refractivity contribution in [3.8, 4) is 11.1 Å². The smallest absolute Gasteiger partial charge is 0.231 e. The maximum absolute atomic E-state index is 14.4. The summed E-state index contributed by atoms with van der Waals surface area (Å²) in [5.74, 6) is -0.824. The van der Waals surface area contributed by atoms with Gasteiger partial charge in [0.25, 0.3) is 0 Å². The van der Waals surface area contributed by atoms with Crippen LogP contribution in [0.25, 0.3) is 11.1 Å². The summed E-state index contributed by atoms with van der Waals surface area (Å²) in [6.07, 6.45) is 1.79. The molecule has 1 N–H and O–H groups in total. The summed E-state index contributed by atoms with van der Waals surface area (Å²) in [5.41, 5.74) is 5.13. The molecule has 1 unspecified atom stereocenters. The first-order valence-corrected chi connectivity index (χ1v) is 10.5. The third-order valence-corrected chi connectivity index (χ3v) is 5.60. The van der Waals surface area contributed by atoms with E-state index in [1.54, 1.807) is 18.3 Å². The number of hydrogen-bond donors (Lipinski definition) is 1. The van der Waals surface area contributed by atoms with Gasteiger partial charge in [-0.05, 0) is 66.9 Å². The molecule has 1 aliphatic heterocycles. The van der Waals surface area contributed by atoms with Crippen LogP contribution in [0.4, 0.5) is 15.8 Å². The molecule has 4 rings (SSSR count). The van der Waals surface area contributed by atoms with Gasteiger partial charge in [-0.1, -0.05) is 18.2 Å². The monoisotopic (exact) mass is 419 g/mol. The number of nitrogens with one attached hydrogen (secondary N) is 1. The Kier molecular flexibility index (Phi) is 6.28. The highest BCUT2D eigenvalue weighted by Gasteiger charge is 2.20. The highest BCUT2D eigenvalue weighted by molar-refractivity contribution is 5.96. The maximum atomic E-state index is 14.4. The zero-order valence-electron chi connectivity index (χ0n) is 17.8. The summed E-state index contributed by atoms with van der Waals surface area (Å²) >= 11 is 0. The number of pyridine rings is 1. The van der Waals surface area contributed by atoms with Crippen LogP contribution in [0, 0.1) is 12.7 Å². The molecule has 2 aromatic carbocycles. The van der Waals surface area contributed by atoms with Crippen LogP contribution in [-0.4, -0.2) is 37.2 Å². The molecule has 0 radical (unpaired) electrons. The average molecular weight is 420 g/mol. The molecule has 0 bridgehead atoms. The summed E-state index contributed by atoms with van der Waals surface area (Å²) in [6, 6.07) is 16.6. The van der Waals surface area contributed by atoms with Crippen molar-refractivity contribution in [1.29, 1.82) is 0 Å². The molecule has 3 aromatic rings. The van der Waals surface area contributed by atoms with Crippen molar-refractivity contribution in [1.82, 2.24) is 4.98 Å². The van der Waals surface area contributed by atoms with Crippen LogP contribution in [0.2, 0.25) is 0 Å². The van der Waals surface area contributed by atoms with Crippen molar-refractivity contribution >= 4 is 17.3 Å². The second kappa shape index (κ2) is 9.27. The van der Waals surface area contributed by atoms with Crippen molar-refractivity contribution in [2.45, 2.75) is 19.8 Å². The van der Waals surface area contributed by atoms with Crippen LogP contribution >= 0.6 is 0 Å². The van der Waals surface area contributed by atoms with Crippen molar-refractivity contribution in [2.75, 3.05) is 36.5 Å². The fourth-order valence-electron chi connectivity index (χ4n) is 3.72. The third-order valence-electron chi connectivity index (χ3n) is 5.60. The molecule has 0 aliphatic carbocycles. The van der Waals surface area contributed by atoms with E-state index in [1.807, 2.05) is 55.1 Å². The Bertz CT molecular complexity index is 1060. The first-order chi connectivity index (χ1) is 15.0. The van der Waals surface area contributed by atoms with E-state index in [9.17, 15) is 9.18 Å². The number of rotatable bonds is 5. The van der Waals surface area contributed by atoms with Crippen LogP contribution in [0.5, 0.6) is 0 Å². The standard InChI is InChI=1S/C25H26FN3O2/c1-17-15-21(9-10-27-17)19-3-6-22(7-4-19)28-25(30)18(2)20-5-8-23(26)24(16-20)29-11-13-31-14-12-29/h3-10,15-16,18H,11-14H2,1-2H3,(H,28,30). The van der Waals surface area contributed by atoms with Crippen molar-refractivity contribution in [3.63, 3.8) is 0 Å². The minimum atomic E-state index is -0.414. The molecule has 1 aromatic heterocycles. The Morgan fingerprint density at radius 3 is 2.52 bits per heavy atom. The summed E-state index contributed by atoms with van der Waals surface area (Å²) in [6.45, 7) is 6.23. The quantitative estimate of drug-likeness (QED) is 0.647. The molecule has 2 heterocycles. The normalized spacial score (nSPS) is 14.9. The lowest BCUT2D eigenvalue weighted by molar-refractivity contribution is -0.117. The number of aromatic nitrogens is 1. The molecule has 5 nitrogen and oxygen atoms in total. The minimum Gasteiger partial charge on any atom is -0.378 e. The van der Waals surface area contributed by atoms with Gasteiger partial charge in [0.2, 0.25) is 5.91 Å². The Morgan fingerprint density at radius 2 is 1.81 bits per heavy atom. The van der Waals surface area contributed by atoms with Gasteiger partial charge >= 0.3 is 0 Å². The van der Waals surface area contributed by atoms with Crippen molar-refractivity contribution < 1.29 is 13.9 Å². The number of ether oxygens (including phenoxy) is 1. The molecule has 1 atom stereocenters. The average Bonchev–Trinajstić information content (AvgIpc) is 2.80. The number of aryl methyl sites for hydroxylation is 1. The van der Waals surface area contributed by atoms with E-state index in [-0.39, 0.29) is 11.7 Å². The molecule has 6 heteroatoms. The molecule has 31 heavy (non-hydrogen) atoms. The molecule has 0 saturated carbocycles. The Balaban J connectivity index is 1.46. The summed E-state index contributed by atoms with van der Waals surface area (Å²) in [7, 11) is 0. The molecular weight excluding hydrogens is 393 g/mol. The van der Waals surface area contributed by atoms with Gasteiger partial charge in [0.05, 0.1) is 24.8 Å². The molecule has 1 saturated heterocycles. The predicted molar refractivity (Wildman–Crippen MR) is 121 cm³/mol. The highest BCUT2D eigenvalue weighted by atomic mass is 19.1. The second-order valence-corrected chi connectivity index (χ2v) is 7.78. The minimum absolute atomic E-state index is 0.132. The van der Waals surface area contributed by atoms with E-state index < -0.39 is 5.92 Å². The van der Waals surface area contributed by atoms with Crippen LogP contribution in [0.3, 0.4) is 0 Å². The number of anilines is 2. The number of carbonyl (C=O) groups is 1. The number of carbonyl (C=O) groups excluding carboxylic acids is 1. The lowest BCUT2D eigenvalue weighted by atomic mass is 9.99. The second-order valence-electron chi connectivity index (χ2n) is 7.78. The van der Waals surface area contributed by atoms with E-state index in [1.165, 1.54) is 6.07 Å². The number of amides is 1. The molecular formula is C25H26FN3O2. The van der Waals surface area contributed by atoms with Gasteiger partial charge < -0.3 is 15.0 Å². The fourth-order valence-corrected chi connectivity index (χ4v) is 3.72. The van der Waals surface area contributed by atoms with Gasteiger partial charge in [-0.2, -0.15) is 0 Å². The van der Waals surface area contributed by atoms with Crippen LogP contribution in [-0.2, 0) is 9.53 Å². The molecule has 1 amide bonds. The van der Waals surface area contributed by atoms with Gasteiger partial charge in [-0.25, -0.2) is 4.39 Å². The first kappa shape index (κ1) is 21.0. The summed E-state index contributed by atoms with van der Waals surface area (Å²) < 4.78 is 19.7. The Labute approximate surface area is 181 Å². The third kappa shape index (κ3) is 4.91. The lowest BCUT2D eigenvalue weighted by Gasteiger charge is -2.29. The molecule has 1 aliphatic rings. The molecule has 160 valence electrons. The zero-order valence-corrected chi connectivity index (χ0v) is 17.8. The van der Waals surface area contributed by atoms with Crippen molar-refractivity contribution in [2.24, 2.45) is 0 Å². The number of morpholine rings is 1. The lowest BCUT2D eigenvalue weighted by Crippen LogP contribution is -2.36. The van der Waals surface area contributed by atoms with Gasteiger partial charge in [0, 0.05) is 30.7 Å². The number of hydrogen-bond acceptors (Lipinski definition) is 4. The fraction of sp³-hybridized carbons (Fsp3) is 0.280. The zero-order chi connectivity index (χ0) is 21.8. The van der Waals surface area contributed by atoms with Gasteiger partial charge in [0.1, 0.15) is 5.82 Å². The van der Waals surface area contributed by atoms with E-state index in [2.05, 4.69) is 10.3 Å².